The van der Waals surface area contributed by atoms with E-state index in [1.807, 2.05) is 0 Å². The van der Waals surface area contributed by atoms with E-state index in [0.717, 1.165) is 0 Å². The minimum Gasteiger partial charge on any atom is -0.399 e. The van der Waals surface area contributed by atoms with Crippen molar-refractivity contribution in [3.63, 3.8) is 0 Å². The third-order valence-corrected chi connectivity index (χ3v) is 4.00. The van der Waals surface area contributed by atoms with Gasteiger partial charge in [0.1, 0.15) is 4.90 Å². The van der Waals surface area contributed by atoms with Crippen LogP contribution in [0.25, 0.3) is 0 Å². The Kier molecular flexibility index (Phi) is 5.16. The maximum atomic E-state index is 11.9. The SMILES string of the molecule is CC(C)NC(=O)CNS(=O)(=O)c1ccc(N)cc1Cl. The highest BCUT2D eigenvalue weighted by Crippen LogP contribution is 2.23. The van der Waals surface area contributed by atoms with E-state index in [0.29, 0.717) is 5.69 Å². The van der Waals surface area contributed by atoms with Gasteiger partial charge in [0.05, 0.1) is 11.6 Å². The number of rotatable bonds is 5. The smallest absolute Gasteiger partial charge is 0.242 e. The molecule has 0 saturated carbocycles. The number of sulfonamides is 1. The summed E-state index contributed by atoms with van der Waals surface area (Å²) in [4.78, 5) is 11.3. The van der Waals surface area contributed by atoms with Gasteiger partial charge >= 0.3 is 0 Å². The zero-order chi connectivity index (χ0) is 14.6. The Balaban J connectivity index is 2.79. The van der Waals surface area contributed by atoms with Gasteiger partial charge in [-0.1, -0.05) is 11.6 Å². The lowest BCUT2D eigenvalue weighted by Gasteiger charge is -2.10. The first-order valence-corrected chi connectivity index (χ1v) is 7.42. The zero-order valence-electron chi connectivity index (χ0n) is 10.6. The molecular formula is C11H16ClN3O3S. The van der Waals surface area contributed by atoms with Gasteiger partial charge in [0.2, 0.25) is 15.9 Å². The molecule has 0 unspecified atom stereocenters. The van der Waals surface area contributed by atoms with Crippen molar-refractivity contribution in [2.45, 2.75) is 24.8 Å². The lowest BCUT2D eigenvalue weighted by Crippen LogP contribution is -2.39. The summed E-state index contributed by atoms with van der Waals surface area (Å²) in [6, 6.07) is 4.00. The number of carbonyl (C=O) groups excluding carboxylic acids is 1. The van der Waals surface area contributed by atoms with Crippen molar-refractivity contribution in [2.24, 2.45) is 0 Å². The molecule has 0 radical (unpaired) electrons. The van der Waals surface area contributed by atoms with Crippen LogP contribution < -0.4 is 15.8 Å². The topological polar surface area (TPSA) is 101 Å². The van der Waals surface area contributed by atoms with Crippen LogP contribution in [0.15, 0.2) is 23.1 Å². The number of anilines is 1. The molecule has 0 spiro atoms. The molecule has 0 aliphatic carbocycles. The van der Waals surface area contributed by atoms with Crippen molar-refractivity contribution in [2.75, 3.05) is 12.3 Å². The fourth-order valence-corrected chi connectivity index (χ4v) is 2.88. The lowest BCUT2D eigenvalue weighted by atomic mass is 10.3. The molecular weight excluding hydrogens is 290 g/mol. The van der Waals surface area contributed by atoms with Gasteiger partial charge in [-0.05, 0) is 32.0 Å². The fourth-order valence-electron chi connectivity index (χ4n) is 1.35. The van der Waals surface area contributed by atoms with Gasteiger partial charge < -0.3 is 11.1 Å². The summed E-state index contributed by atoms with van der Waals surface area (Å²) in [6.07, 6.45) is 0. The quantitative estimate of drug-likeness (QED) is 0.698. The van der Waals surface area contributed by atoms with Gasteiger partial charge in [-0.2, -0.15) is 0 Å². The van der Waals surface area contributed by atoms with Gasteiger partial charge in [0.15, 0.2) is 0 Å². The van der Waals surface area contributed by atoms with Gasteiger partial charge in [-0.25, -0.2) is 13.1 Å². The van der Waals surface area contributed by atoms with E-state index in [-0.39, 0.29) is 22.5 Å². The first-order valence-electron chi connectivity index (χ1n) is 5.56. The molecule has 4 N–H and O–H groups in total. The number of halogens is 1. The highest BCUT2D eigenvalue weighted by Gasteiger charge is 2.19. The van der Waals surface area contributed by atoms with Crippen LogP contribution in [0.5, 0.6) is 0 Å². The number of carbonyl (C=O) groups is 1. The second-order valence-corrected chi connectivity index (χ2v) is 6.38. The van der Waals surface area contributed by atoms with Gasteiger partial charge in [0, 0.05) is 11.7 Å². The standard InChI is InChI=1S/C11H16ClN3O3S/c1-7(2)15-11(16)6-14-19(17,18)10-4-3-8(13)5-9(10)12/h3-5,7,14H,6,13H2,1-2H3,(H,15,16). The van der Waals surface area contributed by atoms with Gasteiger partial charge in [0.25, 0.3) is 0 Å². The third kappa shape index (κ3) is 4.70. The first kappa shape index (κ1) is 15.7. The Labute approximate surface area is 117 Å². The maximum absolute atomic E-state index is 11.9. The fraction of sp³-hybridized carbons (Fsp3) is 0.364. The van der Waals surface area contributed by atoms with Crippen molar-refractivity contribution >= 4 is 33.2 Å². The molecule has 8 heteroatoms. The Bertz CT molecular complexity index is 573. The molecule has 0 aliphatic heterocycles. The molecule has 1 rings (SSSR count). The van der Waals surface area contributed by atoms with Crippen LogP contribution in [0.1, 0.15) is 13.8 Å². The molecule has 0 bridgehead atoms. The Hall–Kier alpha value is -1.31. The van der Waals surface area contributed by atoms with Crippen molar-refractivity contribution in [1.82, 2.24) is 10.0 Å². The summed E-state index contributed by atoms with van der Waals surface area (Å²) in [5.74, 6) is -0.412. The van der Waals surface area contributed by atoms with E-state index < -0.39 is 15.9 Å². The molecule has 19 heavy (non-hydrogen) atoms. The molecule has 1 aromatic rings. The summed E-state index contributed by atoms with van der Waals surface area (Å²) in [6.45, 7) is 3.22. The lowest BCUT2D eigenvalue weighted by molar-refractivity contribution is -0.120. The molecule has 0 aromatic heterocycles. The maximum Gasteiger partial charge on any atom is 0.242 e. The zero-order valence-corrected chi connectivity index (χ0v) is 12.2. The predicted molar refractivity (Wildman–Crippen MR) is 74.3 cm³/mol. The number of nitrogens with one attached hydrogen (secondary N) is 2. The first-order chi connectivity index (χ1) is 8.72. The number of hydrogen-bond donors (Lipinski definition) is 3. The minimum absolute atomic E-state index is 0.0109. The molecule has 0 saturated heterocycles. The highest BCUT2D eigenvalue weighted by molar-refractivity contribution is 7.89. The van der Waals surface area contributed by atoms with E-state index in [9.17, 15) is 13.2 Å². The van der Waals surface area contributed by atoms with Crippen LogP contribution in [0.2, 0.25) is 5.02 Å². The molecule has 0 atom stereocenters. The van der Waals surface area contributed by atoms with E-state index in [2.05, 4.69) is 10.0 Å². The molecule has 1 aromatic carbocycles. The predicted octanol–water partition coefficient (Wildman–Crippen LogP) is 0.725. The van der Waals surface area contributed by atoms with Gasteiger partial charge in [-0.15, -0.1) is 0 Å². The van der Waals surface area contributed by atoms with Gasteiger partial charge in [-0.3, -0.25) is 4.79 Å². The van der Waals surface area contributed by atoms with Crippen molar-refractivity contribution < 1.29 is 13.2 Å². The van der Waals surface area contributed by atoms with E-state index >= 15 is 0 Å². The summed E-state index contributed by atoms with van der Waals surface area (Å²) in [5.41, 5.74) is 5.85. The largest absolute Gasteiger partial charge is 0.399 e. The van der Waals surface area contributed by atoms with Crippen LogP contribution in [0, 0.1) is 0 Å². The normalized spacial score (nSPS) is 11.6. The number of hydrogen-bond acceptors (Lipinski definition) is 4. The van der Waals surface area contributed by atoms with E-state index in [1.54, 1.807) is 13.8 Å². The van der Waals surface area contributed by atoms with Crippen LogP contribution in [0.3, 0.4) is 0 Å². The highest BCUT2D eigenvalue weighted by atomic mass is 35.5. The molecule has 106 valence electrons. The third-order valence-electron chi connectivity index (χ3n) is 2.12. The summed E-state index contributed by atoms with van der Waals surface area (Å²) >= 11 is 5.81. The number of benzene rings is 1. The summed E-state index contributed by atoms with van der Waals surface area (Å²) in [5, 5.41) is 2.58. The molecule has 6 nitrogen and oxygen atoms in total. The molecule has 0 aliphatic rings. The minimum atomic E-state index is -3.84. The van der Waals surface area contributed by atoms with Crippen molar-refractivity contribution in [1.29, 1.82) is 0 Å². The van der Waals surface area contributed by atoms with Crippen LogP contribution in [-0.2, 0) is 14.8 Å². The Morgan fingerprint density at radius 1 is 1.42 bits per heavy atom. The van der Waals surface area contributed by atoms with E-state index in [1.165, 1.54) is 18.2 Å². The second kappa shape index (κ2) is 6.23. The number of nitrogens with two attached hydrogens (primary N) is 1. The molecule has 0 fully saturated rings. The van der Waals surface area contributed by atoms with Crippen molar-refractivity contribution in [3.05, 3.63) is 23.2 Å². The molecule has 0 heterocycles. The Morgan fingerprint density at radius 2 is 2.05 bits per heavy atom. The average Bonchev–Trinajstić information content (AvgIpc) is 2.25. The summed E-state index contributed by atoms with van der Waals surface area (Å²) in [7, 11) is -3.84. The average molecular weight is 306 g/mol. The molecule has 1 amide bonds. The monoisotopic (exact) mass is 305 g/mol. The van der Waals surface area contributed by atoms with Crippen LogP contribution in [0.4, 0.5) is 5.69 Å². The number of nitrogen functional groups attached to an aromatic ring is 1. The summed E-state index contributed by atoms with van der Waals surface area (Å²) < 4.78 is 26.1. The second-order valence-electron chi connectivity index (χ2n) is 4.24. The number of amides is 1. The van der Waals surface area contributed by atoms with E-state index in [4.69, 9.17) is 17.3 Å². The van der Waals surface area contributed by atoms with Crippen molar-refractivity contribution in [3.8, 4) is 0 Å². The van der Waals surface area contributed by atoms with Crippen LogP contribution in [-0.4, -0.2) is 26.9 Å². The Morgan fingerprint density at radius 3 is 2.58 bits per heavy atom. The van der Waals surface area contributed by atoms with Crippen LogP contribution >= 0.6 is 11.6 Å².